The minimum absolute atomic E-state index is 0.104. The zero-order valence-electron chi connectivity index (χ0n) is 9.21. The SMILES string of the molecule is CN1CCC(n2ncc([N+](=O)[O-])c2Cl)C(F)C1. The van der Waals surface area contributed by atoms with Gasteiger partial charge in [0.2, 0.25) is 5.15 Å². The first-order chi connectivity index (χ1) is 8.00. The molecule has 2 atom stereocenters. The fraction of sp³-hybridized carbons (Fsp3) is 0.667. The Balaban J connectivity index is 2.25. The average molecular weight is 263 g/mol. The van der Waals surface area contributed by atoms with Gasteiger partial charge in [-0.3, -0.25) is 10.1 Å². The van der Waals surface area contributed by atoms with E-state index in [1.807, 2.05) is 11.9 Å². The number of hydrogen-bond donors (Lipinski definition) is 0. The second-order valence-electron chi connectivity index (χ2n) is 4.16. The molecular formula is C9H12ClFN4O2. The van der Waals surface area contributed by atoms with E-state index in [1.54, 1.807) is 0 Å². The number of aromatic nitrogens is 2. The van der Waals surface area contributed by atoms with Crippen LogP contribution in [-0.2, 0) is 0 Å². The van der Waals surface area contributed by atoms with Crippen LogP contribution in [-0.4, -0.2) is 45.9 Å². The molecule has 1 aromatic heterocycles. The summed E-state index contributed by atoms with van der Waals surface area (Å²) < 4.78 is 15.1. The minimum Gasteiger partial charge on any atom is -0.303 e. The molecule has 1 fully saturated rings. The lowest BCUT2D eigenvalue weighted by Gasteiger charge is -2.32. The van der Waals surface area contributed by atoms with Crippen LogP contribution in [0.5, 0.6) is 0 Å². The summed E-state index contributed by atoms with van der Waals surface area (Å²) in [6, 6.07) is -0.521. The van der Waals surface area contributed by atoms with Crippen molar-refractivity contribution in [2.24, 2.45) is 0 Å². The van der Waals surface area contributed by atoms with Crippen LogP contribution in [0.3, 0.4) is 0 Å². The molecule has 2 heterocycles. The fourth-order valence-electron chi connectivity index (χ4n) is 2.01. The largest absolute Gasteiger partial charge is 0.325 e. The summed E-state index contributed by atoms with van der Waals surface area (Å²) in [5, 5.41) is 14.3. The van der Waals surface area contributed by atoms with Gasteiger partial charge in [-0.05, 0) is 13.5 Å². The summed E-state index contributed by atoms with van der Waals surface area (Å²) in [5.74, 6) is 0. The summed E-state index contributed by atoms with van der Waals surface area (Å²) in [6.07, 6.45) is 0.481. The molecule has 0 radical (unpaired) electrons. The monoisotopic (exact) mass is 262 g/mol. The van der Waals surface area contributed by atoms with Gasteiger partial charge in [0.1, 0.15) is 12.4 Å². The normalized spacial score (nSPS) is 26.1. The summed E-state index contributed by atoms with van der Waals surface area (Å²) in [5.41, 5.74) is -0.280. The second kappa shape index (κ2) is 4.58. The number of nitro groups is 1. The van der Waals surface area contributed by atoms with Gasteiger partial charge in [-0.1, -0.05) is 11.6 Å². The molecule has 6 nitrogen and oxygen atoms in total. The van der Waals surface area contributed by atoms with Gasteiger partial charge in [0, 0.05) is 13.1 Å². The smallest absolute Gasteiger partial charge is 0.303 e. The Bertz CT molecular complexity index is 439. The molecule has 8 heteroatoms. The summed E-state index contributed by atoms with van der Waals surface area (Å²) in [6.45, 7) is 1.00. The number of nitrogens with zero attached hydrogens (tertiary/aromatic N) is 4. The molecule has 0 aliphatic carbocycles. The average Bonchev–Trinajstić information content (AvgIpc) is 2.60. The second-order valence-corrected chi connectivity index (χ2v) is 4.51. The predicted octanol–water partition coefficient (Wildman–Crippen LogP) is 1.66. The van der Waals surface area contributed by atoms with E-state index >= 15 is 0 Å². The maximum Gasteiger partial charge on any atom is 0.325 e. The Hall–Kier alpha value is -1.21. The number of rotatable bonds is 2. The predicted molar refractivity (Wildman–Crippen MR) is 59.9 cm³/mol. The van der Waals surface area contributed by atoms with Crippen LogP contribution in [0.1, 0.15) is 12.5 Å². The molecule has 0 bridgehead atoms. The van der Waals surface area contributed by atoms with E-state index in [-0.39, 0.29) is 17.4 Å². The Morgan fingerprint density at radius 1 is 1.71 bits per heavy atom. The highest BCUT2D eigenvalue weighted by atomic mass is 35.5. The zero-order chi connectivity index (χ0) is 12.6. The van der Waals surface area contributed by atoms with Gasteiger partial charge in [0.05, 0.1) is 11.0 Å². The molecule has 1 aliphatic rings. The molecule has 1 aliphatic heterocycles. The molecule has 94 valence electrons. The Morgan fingerprint density at radius 2 is 2.41 bits per heavy atom. The van der Waals surface area contributed by atoms with E-state index < -0.39 is 17.1 Å². The van der Waals surface area contributed by atoms with Gasteiger partial charge in [-0.25, -0.2) is 9.07 Å². The lowest BCUT2D eigenvalue weighted by Crippen LogP contribution is -2.40. The highest BCUT2D eigenvalue weighted by molar-refractivity contribution is 6.31. The van der Waals surface area contributed by atoms with E-state index in [4.69, 9.17) is 11.6 Å². The third-order valence-corrected chi connectivity index (χ3v) is 3.30. The first-order valence-corrected chi connectivity index (χ1v) is 5.58. The molecule has 0 amide bonds. The van der Waals surface area contributed by atoms with Gasteiger partial charge >= 0.3 is 5.69 Å². The van der Waals surface area contributed by atoms with Crippen LogP contribution in [0.25, 0.3) is 0 Å². The fourth-order valence-corrected chi connectivity index (χ4v) is 2.30. The summed E-state index contributed by atoms with van der Waals surface area (Å²) >= 11 is 5.83. The molecule has 2 rings (SSSR count). The van der Waals surface area contributed by atoms with Crippen molar-refractivity contribution < 1.29 is 9.31 Å². The van der Waals surface area contributed by atoms with Gasteiger partial charge in [-0.2, -0.15) is 5.10 Å². The van der Waals surface area contributed by atoms with Crippen LogP contribution >= 0.6 is 11.6 Å². The Morgan fingerprint density at radius 3 is 2.94 bits per heavy atom. The van der Waals surface area contributed by atoms with Crippen LogP contribution in [0, 0.1) is 10.1 Å². The maximum atomic E-state index is 13.8. The Kier molecular flexibility index (Phi) is 3.30. The van der Waals surface area contributed by atoms with Crippen LogP contribution in [0.2, 0.25) is 5.15 Å². The molecule has 0 N–H and O–H groups in total. The number of piperidine rings is 1. The van der Waals surface area contributed by atoms with Gasteiger partial charge in [-0.15, -0.1) is 0 Å². The van der Waals surface area contributed by atoms with E-state index in [2.05, 4.69) is 5.10 Å². The van der Waals surface area contributed by atoms with Gasteiger partial charge < -0.3 is 4.90 Å². The van der Waals surface area contributed by atoms with E-state index in [0.717, 1.165) is 12.7 Å². The van der Waals surface area contributed by atoms with Crippen molar-refractivity contribution in [1.82, 2.24) is 14.7 Å². The van der Waals surface area contributed by atoms with Crippen molar-refractivity contribution in [2.45, 2.75) is 18.6 Å². The number of alkyl halides is 1. The number of halogens is 2. The number of likely N-dealkylation sites (tertiary alicyclic amines) is 1. The van der Waals surface area contributed by atoms with Crippen molar-refractivity contribution in [1.29, 1.82) is 0 Å². The van der Waals surface area contributed by atoms with Crippen LogP contribution < -0.4 is 0 Å². The van der Waals surface area contributed by atoms with Crippen LogP contribution in [0.15, 0.2) is 6.20 Å². The lowest BCUT2D eigenvalue weighted by atomic mass is 10.0. The molecular weight excluding hydrogens is 251 g/mol. The molecule has 0 spiro atoms. The third-order valence-electron chi connectivity index (χ3n) is 2.94. The van der Waals surface area contributed by atoms with Crippen molar-refractivity contribution in [3.8, 4) is 0 Å². The molecule has 0 aromatic carbocycles. The third kappa shape index (κ3) is 2.25. The molecule has 17 heavy (non-hydrogen) atoms. The number of hydrogen-bond acceptors (Lipinski definition) is 4. The maximum absolute atomic E-state index is 13.8. The minimum atomic E-state index is -1.12. The molecule has 1 aromatic rings. The van der Waals surface area contributed by atoms with Crippen molar-refractivity contribution in [3.05, 3.63) is 21.5 Å². The molecule has 0 saturated carbocycles. The molecule has 2 unspecified atom stereocenters. The lowest BCUT2D eigenvalue weighted by molar-refractivity contribution is -0.384. The molecule has 1 saturated heterocycles. The topological polar surface area (TPSA) is 64.2 Å². The van der Waals surface area contributed by atoms with Crippen LogP contribution in [0.4, 0.5) is 10.1 Å². The summed E-state index contributed by atoms with van der Waals surface area (Å²) in [4.78, 5) is 11.9. The standard InChI is InChI=1S/C9H12ClFN4O2/c1-13-3-2-7(6(11)5-13)14-9(10)8(4-12-14)15(16)17/h4,6-7H,2-3,5H2,1H3. The zero-order valence-corrected chi connectivity index (χ0v) is 9.97. The highest BCUT2D eigenvalue weighted by Crippen LogP contribution is 2.31. The first kappa shape index (κ1) is 12.3. The van der Waals surface area contributed by atoms with E-state index in [0.29, 0.717) is 6.42 Å². The highest BCUT2D eigenvalue weighted by Gasteiger charge is 2.33. The first-order valence-electron chi connectivity index (χ1n) is 5.20. The quantitative estimate of drug-likeness (QED) is 0.601. The van der Waals surface area contributed by atoms with Gasteiger partial charge in [0.25, 0.3) is 0 Å². The van der Waals surface area contributed by atoms with Crippen molar-refractivity contribution in [2.75, 3.05) is 20.1 Å². The van der Waals surface area contributed by atoms with Crippen molar-refractivity contribution in [3.63, 3.8) is 0 Å². The van der Waals surface area contributed by atoms with E-state index in [1.165, 1.54) is 4.68 Å². The van der Waals surface area contributed by atoms with Crippen molar-refractivity contribution >= 4 is 17.3 Å². The summed E-state index contributed by atoms with van der Waals surface area (Å²) in [7, 11) is 1.83. The van der Waals surface area contributed by atoms with Gasteiger partial charge in [0.15, 0.2) is 0 Å². The Labute approximate surface area is 102 Å². The van der Waals surface area contributed by atoms with E-state index in [9.17, 15) is 14.5 Å².